The lowest BCUT2D eigenvalue weighted by Crippen LogP contribution is -2.39. The second-order valence-corrected chi connectivity index (χ2v) is 10.4. The van der Waals surface area contributed by atoms with Crippen molar-refractivity contribution in [2.45, 2.75) is 51.5 Å². The van der Waals surface area contributed by atoms with Gasteiger partial charge >= 0.3 is 0 Å². The van der Waals surface area contributed by atoms with Crippen LogP contribution in [0.15, 0.2) is 60.7 Å². The second-order valence-electron chi connectivity index (χ2n) is 10.4. The van der Waals surface area contributed by atoms with Gasteiger partial charge in [-0.25, -0.2) is 0 Å². The van der Waals surface area contributed by atoms with Crippen LogP contribution < -0.4 is 14.4 Å². The zero-order chi connectivity index (χ0) is 25.8. The fourth-order valence-electron chi connectivity index (χ4n) is 5.82. The fraction of sp³-hybridized carbons (Fsp3) is 0.438. The highest BCUT2D eigenvalue weighted by Crippen LogP contribution is 2.41. The Morgan fingerprint density at radius 2 is 1.78 bits per heavy atom. The highest BCUT2D eigenvalue weighted by atomic mass is 16.5. The number of phenolic OH excluding ortho intramolecular Hbond substituents is 1. The molecule has 1 unspecified atom stereocenters. The quantitative estimate of drug-likeness (QED) is 0.352. The van der Waals surface area contributed by atoms with Gasteiger partial charge in [0.1, 0.15) is 23.9 Å². The van der Waals surface area contributed by atoms with Crippen LogP contribution >= 0.6 is 0 Å². The summed E-state index contributed by atoms with van der Waals surface area (Å²) in [5, 5.41) is 9.91. The van der Waals surface area contributed by atoms with E-state index in [4.69, 9.17) is 9.47 Å². The van der Waals surface area contributed by atoms with E-state index in [1.165, 1.54) is 47.5 Å². The molecule has 1 aliphatic heterocycles. The van der Waals surface area contributed by atoms with Gasteiger partial charge in [0.25, 0.3) is 0 Å². The Kier molecular flexibility index (Phi) is 7.90. The van der Waals surface area contributed by atoms with Crippen molar-refractivity contribution in [1.82, 2.24) is 4.90 Å². The molecular formula is C32H40N2O3. The maximum atomic E-state index is 9.91. The Hall–Kier alpha value is -3.18. The Morgan fingerprint density at radius 1 is 1.00 bits per heavy atom. The van der Waals surface area contributed by atoms with Crippen molar-refractivity contribution in [2.75, 3.05) is 44.8 Å². The number of hydrogen-bond donors (Lipinski definition) is 1. The van der Waals surface area contributed by atoms with E-state index in [1.54, 1.807) is 7.11 Å². The molecular weight excluding hydrogens is 460 g/mol. The van der Waals surface area contributed by atoms with Crippen LogP contribution in [-0.4, -0.2) is 49.9 Å². The van der Waals surface area contributed by atoms with Crippen LogP contribution in [-0.2, 0) is 12.8 Å². The Morgan fingerprint density at radius 3 is 2.49 bits per heavy atom. The minimum absolute atomic E-state index is 0.207. The Bertz CT molecular complexity index is 1190. The van der Waals surface area contributed by atoms with Crippen molar-refractivity contribution < 1.29 is 14.6 Å². The van der Waals surface area contributed by atoms with E-state index in [9.17, 15) is 5.11 Å². The molecule has 1 aliphatic carbocycles. The zero-order valence-electron chi connectivity index (χ0n) is 22.5. The van der Waals surface area contributed by atoms with E-state index in [1.807, 2.05) is 12.1 Å². The lowest BCUT2D eigenvalue weighted by atomic mass is 9.79. The van der Waals surface area contributed by atoms with Crippen LogP contribution in [0.3, 0.4) is 0 Å². The minimum Gasteiger partial charge on any atom is -0.508 e. The molecule has 2 aliphatic rings. The first-order valence-electron chi connectivity index (χ1n) is 13.8. The van der Waals surface area contributed by atoms with Crippen molar-refractivity contribution in [2.24, 2.45) is 0 Å². The van der Waals surface area contributed by atoms with Crippen molar-refractivity contribution in [3.05, 3.63) is 82.9 Å². The van der Waals surface area contributed by atoms with Gasteiger partial charge in [0.05, 0.1) is 13.2 Å². The molecule has 3 aromatic carbocycles. The topological polar surface area (TPSA) is 45.2 Å². The van der Waals surface area contributed by atoms with Gasteiger partial charge in [0.2, 0.25) is 0 Å². The van der Waals surface area contributed by atoms with Gasteiger partial charge in [0.15, 0.2) is 0 Å². The summed E-state index contributed by atoms with van der Waals surface area (Å²) in [6.45, 7) is 9.57. The highest BCUT2D eigenvalue weighted by molar-refractivity contribution is 5.61. The number of benzene rings is 3. The summed E-state index contributed by atoms with van der Waals surface area (Å²) in [6.07, 6.45) is 4.37. The first-order chi connectivity index (χ1) is 18.1. The number of aryl methyl sites for hydroxylation is 1. The molecule has 0 radical (unpaired) electrons. The minimum atomic E-state index is 0.207. The molecule has 5 nitrogen and oxygen atoms in total. The lowest BCUT2D eigenvalue weighted by Gasteiger charge is -2.35. The number of anilines is 1. The van der Waals surface area contributed by atoms with E-state index in [2.05, 4.69) is 72.2 Å². The summed E-state index contributed by atoms with van der Waals surface area (Å²) < 4.78 is 11.7. The maximum Gasteiger partial charge on any atom is 0.120 e. The average molecular weight is 501 g/mol. The predicted octanol–water partition coefficient (Wildman–Crippen LogP) is 6.35. The van der Waals surface area contributed by atoms with Gasteiger partial charge in [-0.3, -0.25) is 4.90 Å². The maximum absolute atomic E-state index is 9.91. The summed E-state index contributed by atoms with van der Waals surface area (Å²) in [5.74, 6) is 2.62. The van der Waals surface area contributed by atoms with Crippen LogP contribution in [0.1, 0.15) is 60.9 Å². The Balaban J connectivity index is 1.35. The van der Waals surface area contributed by atoms with Crippen molar-refractivity contribution in [1.29, 1.82) is 0 Å². The third kappa shape index (κ3) is 5.72. The number of nitrogens with zero attached hydrogens (tertiary/aromatic N) is 2. The van der Waals surface area contributed by atoms with Crippen LogP contribution in [0, 0.1) is 0 Å². The summed E-state index contributed by atoms with van der Waals surface area (Å²) in [7, 11) is 1.74. The van der Waals surface area contributed by atoms with Gasteiger partial charge in [-0.15, -0.1) is 0 Å². The van der Waals surface area contributed by atoms with Crippen molar-refractivity contribution in [3.8, 4) is 17.2 Å². The molecule has 37 heavy (non-hydrogen) atoms. The van der Waals surface area contributed by atoms with Crippen LogP contribution in [0.5, 0.6) is 17.2 Å². The molecule has 1 saturated heterocycles. The van der Waals surface area contributed by atoms with Gasteiger partial charge < -0.3 is 19.5 Å². The number of aromatic hydroxyl groups is 1. The summed E-state index contributed by atoms with van der Waals surface area (Å²) in [5.41, 5.74) is 6.52. The number of rotatable bonds is 10. The standard InChI is InChI=1S/C32H40N2O3/c1-4-34(23(2)24-9-12-29(13-10-24)37-19-18-33-16-5-17-33)32-22-30(36-3)14-15-31(32)27-7-6-26-21-28(35)11-8-25(26)20-27/h8-15,21-23,27,35H,4-7,16-20H2,1-3H3/t23?,27-/m1/s1. The molecule has 1 N–H and O–H groups in total. The molecule has 0 spiro atoms. The number of phenols is 1. The summed E-state index contributed by atoms with van der Waals surface area (Å²) in [4.78, 5) is 4.92. The van der Waals surface area contributed by atoms with Gasteiger partial charge in [-0.2, -0.15) is 0 Å². The van der Waals surface area contributed by atoms with E-state index in [-0.39, 0.29) is 6.04 Å². The molecule has 0 bridgehead atoms. The number of ether oxygens (including phenoxy) is 2. The molecule has 5 rings (SSSR count). The van der Waals surface area contributed by atoms with Crippen LogP contribution in [0.25, 0.3) is 0 Å². The SMILES string of the molecule is CCN(c1cc(OC)ccc1[C@@H]1CCc2cc(O)ccc2C1)C(C)c1ccc(OCCN2CCC2)cc1. The monoisotopic (exact) mass is 500 g/mol. The van der Waals surface area contributed by atoms with E-state index < -0.39 is 0 Å². The molecule has 0 aromatic heterocycles. The molecule has 3 aromatic rings. The molecule has 5 heteroatoms. The smallest absolute Gasteiger partial charge is 0.120 e. The van der Waals surface area contributed by atoms with Gasteiger partial charge in [0, 0.05) is 24.8 Å². The molecule has 0 saturated carbocycles. The number of hydrogen-bond acceptors (Lipinski definition) is 5. The van der Waals surface area contributed by atoms with Gasteiger partial charge in [-0.05, 0) is 111 Å². The molecule has 196 valence electrons. The lowest BCUT2D eigenvalue weighted by molar-refractivity contribution is 0.147. The highest BCUT2D eigenvalue weighted by Gasteiger charge is 2.26. The normalized spacial score (nSPS) is 18.0. The first kappa shape index (κ1) is 25.5. The molecule has 1 heterocycles. The van der Waals surface area contributed by atoms with Crippen LogP contribution in [0.2, 0.25) is 0 Å². The van der Waals surface area contributed by atoms with Gasteiger partial charge in [-0.1, -0.05) is 24.3 Å². The van der Waals surface area contributed by atoms with Crippen LogP contribution in [0.4, 0.5) is 5.69 Å². The summed E-state index contributed by atoms with van der Waals surface area (Å²) in [6, 6.07) is 21.2. The number of likely N-dealkylation sites (tertiary alicyclic amines) is 1. The summed E-state index contributed by atoms with van der Waals surface area (Å²) >= 11 is 0. The van der Waals surface area contributed by atoms with E-state index >= 15 is 0 Å². The largest absolute Gasteiger partial charge is 0.508 e. The molecule has 1 fully saturated rings. The van der Waals surface area contributed by atoms with E-state index in [0.717, 1.165) is 50.5 Å². The zero-order valence-corrected chi connectivity index (χ0v) is 22.5. The fourth-order valence-corrected chi connectivity index (χ4v) is 5.82. The molecule has 2 atom stereocenters. The van der Waals surface area contributed by atoms with E-state index in [0.29, 0.717) is 11.7 Å². The third-order valence-corrected chi connectivity index (χ3v) is 8.20. The van der Waals surface area contributed by atoms with Crippen molar-refractivity contribution in [3.63, 3.8) is 0 Å². The molecule has 0 amide bonds. The average Bonchev–Trinajstić information content (AvgIpc) is 2.90. The van der Waals surface area contributed by atoms with Crippen molar-refractivity contribution >= 4 is 5.69 Å². The number of fused-ring (bicyclic) bond motifs is 1. The first-order valence-corrected chi connectivity index (χ1v) is 13.8. The predicted molar refractivity (Wildman–Crippen MR) is 150 cm³/mol. The Labute approximate surface area is 221 Å². The third-order valence-electron chi connectivity index (χ3n) is 8.20. The second kappa shape index (κ2) is 11.5. The number of methoxy groups -OCH3 is 1.